The van der Waals surface area contributed by atoms with Crippen LogP contribution >= 0.6 is 11.3 Å². The van der Waals surface area contributed by atoms with Crippen LogP contribution in [0.3, 0.4) is 0 Å². The second kappa shape index (κ2) is 4.29. The van der Waals surface area contributed by atoms with Crippen molar-refractivity contribution in [2.24, 2.45) is 5.84 Å². The van der Waals surface area contributed by atoms with E-state index < -0.39 is 26.6 Å². The number of nitrogens with two attached hydrogens (primary N) is 1. The first-order valence-electron chi connectivity index (χ1n) is 5.37. The number of nitrogens with one attached hydrogen (secondary N) is 1. The lowest BCUT2D eigenvalue weighted by molar-refractivity contribution is -0.132. The maximum atomic E-state index is 11.9. The van der Waals surface area contributed by atoms with Crippen LogP contribution in [0.15, 0.2) is 11.4 Å². The van der Waals surface area contributed by atoms with Crippen LogP contribution in [0.1, 0.15) is 29.1 Å². The van der Waals surface area contributed by atoms with Gasteiger partial charge in [0.05, 0.1) is 11.4 Å². The smallest absolute Gasteiger partial charge is 0.275 e. The summed E-state index contributed by atoms with van der Waals surface area (Å²) in [6, 6.07) is 1.60. The molecule has 19 heavy (non-hydrogen) atoms. The molecule has 0 bridgehead atoms. The fraction of sp³-hybridized carbons (Fsp3) is 0.400. The van der Waals surface area contributed by atoms with E-state index in [0.717, 1.165) is 15.6 Å². The van der Waals surface area contributed by atoms with Crippen LogP contribution in [-0.2, 0) is 21.4 Å². The highest BCUT2D eigenvalue weighted by Gasteiger charge is 2.60. The third kappa shape index (κ3) is 1.85. The topological polar surface area (TPSA) is 110 Å². The van der Waals surface area contributed by atoms with E-state index in [1.165, 1.54) is 13.8 Å². The number of nitrogen functional groups attached to an aromatic ring is 1. The Morgan fingerprint density at radius 2 is 2.16 bits per heavy atom. The number of thiophene rings is 1. The zero-order valence-corrected chi connectivity index (χ0v) is 12.0. The first-order chi connectivity index (χ1) is 8.73. The van der Waals surface area contributed by atoms with E-state index in [1.54, 1.807) is 11.4 Å². The van der Waals surface area contributed by atoms with Gasteiger partial charge >= 0.3 is 0 Å². The second-order valence-electron chi connectivity index (χ2n) is 4.58. The quantitative estimate of drug-likeness (QED) is 0.456. The van der Waals surface area contributed by atoms with Gasteiger partial charge in [-0.3, -0.25) is 15.0 Å². The van der Waals surface area contributed by atoms with Gasteiger partial charge in [-0.05, 0) is 30.9 Å². The Morgan fingerprint density at radius 1 is 1.53 bits per heavy atom. The number of carbonyl (C=O) groups excluding carboxylic acids is 2. The van der Waals surface area contributed by atoms with Crippen molar-refractivity contribution in [3.8, 4) is 0 Å². The van der Waals surface area contributed by atoms with Crippen LogP contribution in [0.4, 0.5) is 0 Å². The average molecular weight is 303 g/mol. The number of amides is 2. The van der Waals surface area contributed by atoms with Crippen molar-refractivity contribution in [3.05, 3.63) is 21.9 Å². The van der Waals surface area contributed by atoms with E-state index in [1.807, 2.05) is 5.43 Å². The predicted octanol–water partition coefficient (Wildman–Crippen LogP) is -0.198. The number of hydrogen-bond donors (Lipinski definition) is 2. The zero-order valence-electron chi connectivity index (χ0n) is 10.3. The van der Waals surface area contributed by atoms with Gasteiger partial charge in [-0.25, -0.2) is 18.6 Å². The second-order valence-corrected chi connectivity index (χ2v) is 7.90. The summed E-state index contributed by atoms with van der Waals surface area (Å²) in [5.41, 5.74) is 2.44. The molecule has 0 radical (unpaired) electrons. The summed E-state index contributed by atoms with van der Waals surface area (Å²) in [4.78, 5) is 23.6. The molecular formula is C10H13N3O4S2. The zero-order chi connectivity index (χ0) is 14.4. The van der Waals surface area contributed by atoms with Crippen LogP contribution in [0.5, 0.6) is 0 Å². The van der Waals surface area contributed by atoms with Crippen molar-refractivity contribution >= 4 is 33.2 Å². The molecule has 9 heteroatoms. The molecule has 1 aromatic rings. The lowest BCUT2D eigenvalue weighted by Crippen LogP contribution is -2.66. The summed E-state index contributed by atoms with van der Waals surface area (Å²) in [6.07, 6.45) is 0. The largest absolute Gasteiger partial charge is 0.289 e. The predicted molar refractivity (Wildman–Crippen MR) is 69.5 cm³/mol. The molecule has 1 aromatic heterocycles. The van der Waals surface area contributed by atoms with Crippen molar-refractivity contribution in [3.63, 3.8) is 0 Å². The number of carbonyl (C=O) groups is 2. The SMILES string of the molecule is CC1(C)C(=O)N(Cc2ccsc2C(=O)NN)S1(=O)=O. The molecule has 2 heterocycles. The molecule has 104 valence electrons. The van der Waals surface area contributed by atoms with Gasteiger partial charge in [0.15, 0.2) is 4.75 Å². The van der Waals surface area contributed by atoms with Crippen LogP contribution in [0, 0.1) is 0 Å². The first-order valence-corrected chi connectivity index (χ1v) is 7.69. The third-order valence-corrected chi connectivity index (χ3v) is 6.37. The van der Waals surface area contributed by atoms with Crippen molar-refractivity contribution in [1.82, 2.24) is 9.73 Å². The van der Waals surface area contributed by atoms with Gasteiger partial charge in [0, 0.05) is 0 Å². The van der Waals surface area contributed by atoms with Crippen LogP contribution in [0.25, 0.3) is 0 Å². The molecule has 1 aliphatic heterocycles. The monoisotopic (exact) mass is 303 g/mol. The summed E-state index contributed by atoms with van der Waals surface area (Å²) in [7, 11) is -3.65. The molecule has 1 saturated heterocycles. The molecular weight excluding hydrogens is 290 g/mol. The highest BCUT2D eigenvalue weighted by Crippen LogP contribution is 2.36. The molecule has 7 nitrogen and oxygen atoms in total. The fourth-order valence-corrected chi connectivity index (χ4v) is 4.12. The first kappa shape index (κ1) is 14.0. The Bertz CT molecular complexity index is 647. The molecule has 0 saturated carbocycles. The lowest BCUT2D eigenvalue weighted by atomic mass is 10.1. The van der Waals surface area contributed by atoms with E-state index in [4.69, 9.17) is 5.84 Å². The van der Waals surface area contributed by atoms with Crippen molar-refractivity contribution in [2.45, 2.75) is 25.1 Å². The standard InChI is InChI=1S/C10H13N3O4S2/c1-10(2)9(15)13(19(10,16)17)5-6-3-4-18-7(6)8(14)12-11/h3-4H,5,11H2,1-2H3,(H,12,14). The van der Waals surface area contributed by atoms with Gasteiger partial charge in [-0.2, -0.15) is 0 Å². The summed E-state index contributed by atoms with van der Waals surface area (Å²) < 4.78 is 23.3. The normalized spacial score (nSPS) is 19.9. The molecule has 0 atom stereocenters. The maximum absolute atomic E-state index is 11.9. The highest BCUT2D eigenvalue weighted by molar-refractivity contribution is 7.94. The highest BCUT2D eigenvalue weighted by atomic mass is 32.2. The van der Waals surface area contributed by atoms with Crippen LogP contribution < -0.4 is 11.3 Å². The maximum Gasteiger partial charge on any atom is 0.275 e. The van der Waals surface area contributed by atoms with Gasteiger partial charge < -0.3 is 0 Å². The van der Waals surface area contributed by atoms with Crippen molar-refractivity contribution in [1.29, 1.82) is 0 Å². The summed E-state index contributed by atoms with van der Waals surface area (Å²) in [5, 5.41) is 1.64. The van der Waals surface area contributed by atoms with E-state index >= 15 is 0 Å². The minimum absolute atomic E-state index is 0.142. The molecule has 1 aliphatic rings. The number of rotatable bonds is 3. The number of hydrogen-bond acceptors (Lipinski definition) is 6. The average Bonchev–Trinajstić information content (AvgIpc) is 2.81. The molecule has 0 unspecified atom stereocenters. The van der Waals surface area contributed by atoms with Crippen molar-refractivity contribution < 1.29 is 18.0 Å². The van der Waals surface area contributed by atoms with Gasteiger partial charge in [0.25, 0.3) is 21.8 Å². The molecule has 3 N–H and O–H groups in total. The lowest BCUT2D eigenvalue weighted by Gasteiger charge is -2.43. The Kier molecular flexibility index (Phi) is 3.15. The Morgan fingerprint density at radius 3 is 2.68 bits per heavy atom. The molecule has 2 amide bonds. The molecule has 1 fully saturated rings. The number of nitrogens with zero attached hydrogens (tertiary/aromatic N) is 1. The molecule has 0 spiro atoms. The van der Waals surface area contributed by atoms with E-state index in [2.05, 4.69) is 0 Å². The summed E-state index contributed by atoms with van der Waals surface area (Å²) >= 11 is 1.14. The minimum atomic E-state index is -3.65. The van der Waals surface area contributed by atoms with E-state index in [9.17, 15) is 18.0 Å². The summed E-state index contributed by atoms with van der Waals surface area (Å²) in [6.45, 7) is 2.58. The van der Waals surface area contributed by atoms with Crippen LogP contribution in [0.2, 0.25) is 0 Å². The molecule has 0 aliphatic carbocycles. The number of hydrazine groups is 1. The van der Waals surface area contributed by atoms with Crippen molar-refractivity contribution in [2.75, 3.05) is 0 Å². The summed E-state index contributed by atoms with van der Waals surface area (Å²) in [5.74, 6) is 4.06. The van der Waals surface area contributed by atoms with Gasteiger partial charge in [-0.15, -0.1) is 11.3 Å². The Labute approximate surface area is 114 Å². The molecule has 0 aromatic carbocycles. The van der Waals surface area contributed by atoms with E-state index in [-0.39, 0.29) is 6.54 Å². The fourth-order valence-electron chi connectivity index (χ4n) is 1.79. The Hall–Kier alpha value is -1.45. The molecule has 2 rings (SSSR count). The van der Waals surface area contributed by atoms with Gasteiger partial charge in [-0.1, -0.05) is 0 Å². The van der Waals surface area contributed by atoms with Gasteiger partial charge in [0.2, 0.25) is 0 Å². The number of sulfonamides is 1. The van der Waals surface area contributed by atoms with Crippen LogP contribution in [-0.4, -0.2) is 29.3 Å². The van der Waals surface area contributed by atoms with E-state index in [0.29, 0.717) is 10.4 Å². The van der Waals surface area contributed by atoms with Gasteiger partial charge in [0.1, 0.15) is 0 Å². The minimum Gasteiger partial charge on any atom is -0.289 e. The Balaban J connectivity index is 2.28. The third-order valence-electron chi connectivity index (χ3n) is 3.07.